The van der Waals surface area contributed by atoms with Crippen LogP contribution in [0.5, 0.6) is 0 Å². The molecule has 0 saturated heterocycles. The summed E-state index contributed by atoms with van der Waals surface area (Å²) in [4.78, 5) is 23.5. The number of nitrogens with one attached hydrogen (secondary N) is 1. The number of carboxylic acid groups (broad SMARTS) is 2. The molecule has 24 heavy (non-hydrogen) atoms. The zero-order valence-corrected chi connectivity index (χ0v) is 14.3. The number of benzene rings is 1. The number of carbonyl (C=O) groups is 2. The van der Waals surface area contributed by atoms with Crippen molar-refractivity contribution in [1.82, 2.24) is 0 Å². The first-order chi connectivity index (χ1) is 11.4. The van der Waals surface area contributed by atoms with E-state index in [0.29, 0.717) is 31.4 Å². The van der Waals surface area contributed by atoms with E-state index < -0.39 is 23.8 Å². The molecule has 0 aliphatic rings. The van der Waals surface area contributed by atoms with Crippen LogP contribution in [-0.4, -0.2) is 34.0 Å². The molecule has 3 N–H and O–H groups in total. The van der Waals surface area contributed by atoms with Crippen molar-refractivity contribution in [3.8, 4) is 0 Å². The van der Waals surface area contributed by atoms with Crippen molar-refractivity contribution in [2.75, 3.05) is 5.32 Å². The molecule has 0 aliphatic carbocycles. The summed E-state index contributed by atoms with van der Waals surface area (Å²) < 4.78 is 5.66. The van der Waals surface area contributed by atoms with Gasteiger partial charge in [-0.05, 0) is 25.0 Å². The van der Waals surface area contributed by atoms with E-state index in [0.717, 1.165) is 12.8 Å². The Balaban J connectivity index is 3.00. The molecule has 1 unspecified atom stereocenters. The van der Waals surface area contributed by atoms with Crippen LogP contribution in [0, 0.1) is 0 Å². The minimum atomic E-state index is -1.49. The van der Waals surface area contributed by atoms with Gasteiger partial charge in [-0.1, -0.05) is 57.7 Å². The summed E-state index contributed by atoms with van der Waals surface area (Å²) in [5, 5.41) is 21.9. The highest BCUT2D eigenvalue weighted by Crippen LogP contribution is 2.29. The van der Waals surface area contributed by atoms with Crippen molar-refractivity contribution in [2.24, 2.45) is 0 Å². The predicted molar refractivity (Wildman–Crippen MR) is 92.0 cm³/mol. The van der Waals surface area contributed by atoms with Gasteiger partial charge in [-0.15, -0.1) is 0 Å². The fourth-order valence-electron chi connectivity index (χ4n) is 2.48. The Bertz CT molecular complexity index is 509. The first-order valence-corrected chi connectivity index (χ1v) is 8.40. The molecule has 1 aromatic rings. The number of hydrogen-bond donors (Lipinski definition) is 3. The van der Waals surface area contributed by atoms with Gasteiger partial charge in [0.25, 0.3) is 0 Å². The van der Waals surface area contributed by atoms with Gasteiger partial charge < -0.3 is 20.3 Å². The third-order valence-electron chi connectivity index (χ3n) is 3.90. The molecule has 6 heteroatoms. The molecule has 0 saturated carbocycles. The lowest BCUT2D eigenvalue weighted by Gasteiger charge is -2.33. The second-order valence-corrected chi connectivity index (χ2v) is 5.85. The van der Waals surface area contributed by atoms with Crippen LogP contribution in [0.4, 0.5) is 5.69 Å². The van der Waals surface area contributed by atoms with Gasteiger partial charge in [0.1, 0.15) is 0 Å². The van der Waals surface area contributed by atoms with Crippen LogP contribution in [0.25, 0.3) is 0 Å². The molecule has 0 spiro atoms. The predicted octanol–water partition coefficient (Wildman–Crippen LogP) is 3.73. The van der Waals surface area contributed by atoms with E-state index in [-0.39, 0.29) is 0 Å². The quantitative estimate of drug-likeness (QED) is 0.503. The normalized spacial score (nSPS) is 12.6. The highest BCUT2D eigenvalue weighted by Gasteiger charge is 2.42. The largest absolute Gasteiger partial charge is 0.479 e. The van der Waals surface area contributed by atoms with E-state index in [1.54, 1.807) is 24.3 Å². The maximum absolute atomic E-state index is 11.9. The van der Waals surface area contributed by atoms with Crippen molar-refractivity contribution < 1.29 is 24.5 Å². The Labute approximate surface area is 142 Å². The molecule has 0 aliphatic heterocycles. The first-order valence-electron chi connectivity index (χ1n) is 8.40. The number of rotatable bonds is 12. The minimum Gasteiger partial charge on any atom is -0.479 e. The van der Waals surface area contributed by atoms with Gasteiger partial charge in [-0.2, -0.15) is 0 Å². The van der Waals surface area contributed by atoms with E-state index in [1.165, 1.54) is 0 Å². The standard InChI is InChI=1S/C18H27NO5/c1-3-5-12-18(17(22)23,13-6-4-2)24-15(16(20)21)19-14-10-8-7-9-11-14/h7-11,15,19H,3-6,12-13H2,1-2H3,(H,20,21)(H,22,23). The lowest BCUT2D eigenvalue weighted by molar-refractivity contribution is -0.183. The molecule has 0 radical (unpaired) electrons. The fraction of sp³-hybridized carbons (Fsp3) is 0.556. The van der Waals surface area contributed by atoms with Gasteiger partial charge in [-0.3, -0.25) is 0 Å². The second-order valence-electron chi connectivity index (χ2n) is 5.85. The van der Waals surface area contributed by atoms with Crippen molar-refractivity contribution in [2.45, 2.75) is 64.2 Å². The van der Waals surface area contributed by atoms with Crippen LogP contribution < -0.4 is 5.32 Å². The van der Waals surface area contributed by atoms with Gasteiger partial charge in [0.15, 0.2) is 5.60 Å². The van der Waals surface area contributed by atoms with Crippen LogP contribution in [0.15, 0.2) is 30.3 Å². The number of carboxylic acids is 2. The summed E-state index contributed by atoms with van der Waals surface area (Å²) >= 11 is 0. The third-order valence-corrected chi connectivity index (χ3v) is 3.90. The molecule has 1 aromatic carbocycles. The summed E-state index contributed by atoms with van der Waals surface area (Å²) in [7, 11) is 0. The second kappa shape index (κ2) is 9.93. The molecule has 0 bridgehead atoms. The van der Waals surface area contributed by atoms with E-state index in [9.17, 15) is 19.8 Å². The number of ether oxygens (including phenoxy) is 1. The zero-order valence-electron chi connectivity index (χ0n) is 14.3. The Kier molecular flexibility index (Phi) is 8.26. The highest BCUT2D eigenvalue weighted by atomic mass is 16.6. The molecule has 0 heterocycles. The molecule has 0 aromatic heterocycles. The number of hydrogen-bond acceptors (Lipinski definition) is 4. The highest BCUT2D eigenvalue weighted by molar-refractivity contribution is 5.80. The monoisotopic (exact) mass is 337 g/mol. The summed E-state index contributed by atoms with van der Waals surface area (Å²) in [6.07, 6.45) is 2.11. The molecule has 1 atom stereocenters. The molecular weight excluding hydrogens is 310 g/mol. The first kappa shape index (κ1) is 20.0. The van der Waals surface area contributed by atoms with Crippen molar-refractivity contribution >= 4 is 17.6 Å². The van der Waals surface area contributed by atoms with Crippen molar-refractivity contribution in [3.63, 3.8) is 0 Å². The SMILES string of the molecule is CCCCC(CCCC)(OC(Nc1ccccc1)C(=O)O)C(=O)O. The fourth-order valence-corrected chi connectivity index (χ4v) is 2.48. The summed E-state index contributed by atoms with van der Waals surface area (Å²) in [5.74, 6) is -2.34. The molecule has 1 rings (SSSR count). The maximum atomic E-state index is 11.9. The topological polar surface area (TPSA) is 95.9 Å². The van der Waals surface area contributed by atoms with Crippen LogP contribution in [0.1, 0.15) is 52.4 Å². The third kappa shape index (κ3) is 5.85. The van der Waals surface area contributed by atoms with Gasteiger partial charge in [0, 0.05) is 5.69 Å². The van der Waals surface area contributed by atoms with Crippen LogP contribution in [0.2, 0.25) is 0 Å². The Morgan fingerprint density at radius 1 is 1.08 bits per heavy atom. The number of para-hydroxylation sites is 1. The molecule has 0 fully saturated rings. The smallest absolute Gasteiger partial charge is 0.354 e. The van der Waals surface area contributed by atoms with Crippen molar-refractivity contribution in [1.29, 1.82) is 0 Å². The number of aliphatic carboxylic acids is 2. The minimum absolute atomic E-state index is 0.291. The maximum Gasteiger partial charge on any atom is 0.354 e. The van der Waals surface area contributed by atoms with Gasteiger partial charge in [0.05, 0.1) is 0 Å². The number of unbranched alkanes of at least 4 members (excludes halogenated alkanes) is 2. The lowest BCUT2D eigenvalue weighted by atomic mass is 9.90. The van der Waals surface area contributed by atoms with Crippen LogP contribution >= 0.6 is 0 Å². The average molecular weight is 337 g/mol. The Morgan fingerprint density at radius 3 is 2.04 bits per heavy atom. The lowest BCUT2D eigenvalue weighted by Crippen LogP contribution is -2.49. The van der Waals surface area contributed by atoms with E-state index in [2.05, 4.69) is 5.32 Å². The van der Waals surface area contributed by atoms with Gasteiger partial charge >= 0.3 is 11.9 Å². The Morgan fingerprint density at radius 2 is 1.62 bits per heavy atom. The van der Waals surface area contributed by atoms with Crippen LogP contribution in [0.3, 0.4) is 0 Å². The van der Waals surface area contributed by atoms with Gasteiger partial charge in [-0.25, -0.2) is 9.59 Å². The molecule has 0 amide bonds. The zero-order chi connectivity index (χ0) is 18.0. The van der Waals surface area contributed by atoms with Crippen molar-refractivity contribution in [3.05, 3.63) is 30.3 Å². The van der Waals surface area contributed by atoms with Crippen LogP contribution in [-0.2, 0) is 14.3 Å². The summed E-state index contributed by atoms with van der Waals surface area (Å²) in [6.45, 7) is 3.92. The summed E-state index contributed by atoms with van der Waals surface area (Å²) in [5.41, 5.74) is -0.924. The number of anilines is 1. The summed E-state index contributed by atoms with van der Waals surface area (Å²) in [6, 6.07) is 8.76. The molecule has 6 nitrogen and oxygen atoms in total. The average Bonchev–Trinajstić information content (AvgIpc) is 2.57. The molecular formula is C18H27NO5. The van der Waals surface area contributed by atoms with E-state index >= 15 is 0 Å². The van der Waals surface area contributed by atoms with E-state index in [4.69, 9.17) is 4.74 Å². The molecule has 134 valence electrons. The van der Waals surface area contributed by atoms with E-state index in [1.807, 2.05) is 19.9 Å². The van der Waals surface area contributed by atoms with Gasteiger partial charge in [0.2, 0.25) is 6.23 Å². The Hall–Kier alpha value is -2.08.